The van der Waals surface area contributed by atoms with Gasteiger partial charge < -0.3 is 9.47 Å². The van der Waals surface area contributed by atoms with Gasteiger partial charge in [-0.15, -0.1) is 10.2 Å². The second-order valence-electron chi connectivity index (χ2n) is 8.84. The average molecular weight is 488 g/mol. The Morgan fingerprint density at radius 2 is 1.49 bits per heavy atom. The molecule has 0 aliphatic carbocycles. The van der Waals surface area contributed by atoms with Gasteiger partial charge in [0.15, 0.2) is 0 Å². The number of H-pyrrole nitrogens is 1. The van der Waals surface area contributed by atoms with Crippen molar-refractivity contribution in [3.8, 4) is 22.9 Å². The van der Waals surface area contributed by atoms with Gasteiger partial charge in [-0.3, -0.25) is 0 Å². The highest BCUT2D eigenvalue weighted by atomic mass is 16.5. The van der Waals surface area contributed by atoms with E-state index in [4.69, 9.17) is 14.5 Å². The topological polar surface area (TPSA) is 85.8 Å². The molecule has 6 aromatic rings. The van der Waals surface area contributed by atoms with Crippen LogP contribution < -0.4 is 9.47 Å². The first-order valence-corrected chi connectivity index (χ1v) is 12.3. The Bertz CT molecular complexity index is 1630. The molecule has 182 valence electrons. The van der Waals surface area contributed by atoms with Crippen LogP contribution in [0.15, 0.2) is 97.1 Å². The molecule has 0 unspecified atom stereocenters. The lowest BCUT2D eigenvalue weighted by molar-refractivity contribution is 0.302. The van der Waals surface area contributed by atoms with E-state index < -0.39 is 0 Å². The van der Waals surface area contributed by atoms with Gasteiger partial charge in [-0.25, -0.2) is 4.98 Å². The summed E-state index contributed by atoms with van der Waals surface area (Å²) >= 11 is 0. The first kappa shape index (κ1) is 22.7. The van der Waals surface area contributed by atoms with Gasteiger partial charge in [-0.05, 0) is 70.8 Å². The number of hydrogen-bond acceptors (Lipinski definition) is 6. The smallest absolute Gasteiger partial charge is 0.204 e. The Morgan fingerprint density at radius 3 is 2.30 bits per heavy atom. The molecule has 6 rings (SSSR count). The molecule has 7 heteroatoms. The van der Waals surface area contributed by atoms with Crippen molar-refractivity contribution in [1.29, 1.82) is 0 Å². The van der Waals surface area contributed by atoms with Crippen LogP contribution in [0.1, 0.15) is 17.7 Å². The molecule has 37 heavy (non-hydrogen) atoms. The lowest BCUT2D eigenvalue weighted by Crippen LogP contribution is -2.00. The van der Waals surface area contributed by atoms with Crippen molar-refractivity contribution in [3.05, 3.63) is 108 Å². The number of ether oxygens (including phenoxy) is 2. The third-order valence-electron chi connectivity index (χ3n) is 6.26. The van der Waals surface area contributed by atoms with Gasteiger partial charge in [0, 0.05) is 10.9 Å². The summed E-state index contributed by atoms with van der Waals surface area (Å²) in [6, 6.07) is 32.7. The predicted molar refractivity (Wildman–Crippen MR) is 143 cm³/mol. The van der Waals surface area contributed by atoms with Crippen LogP contribution in [0.3, 0.4) is 0 Å². The number of nitrogens with zero attached hydrogens (tertiary/aromatic N) is 4. The van der Waals surface area contributed by atoms with E-state index in [-0.39, 0.29) is 0 Å². The van der Waals surface area contributed by atoms with Crippen LogP contribution in [-0.2, 0) is 13.0 Å². The second kappa shape index (κ2) is 10.5. The van der Waals surface area contributed by atoms with E-state index in [0.29, 0.717) is 19.0 Å². The SMILES string of the molecule is c1ccc2nc(COc3ccc4ccc(OCCCc5ccc(-c6nn[nH]n6)cc5)cc4c3)ccc2c1. The van der Waals surface area contributed by atoms with E-state index in [1.165, 1.54) is 5.56 Å². The zero-order chi connectivity index (χ0) is 24.9. The summed E-state index contributed by atoms with van der Waals surface area (Å²) in [6.07, 6.45) is 1.85. The number of fused-ring (bicyclic) bond motifs is 2. The van der Waals surface area contributed by atoms with Crippen LogP contribution in [0, 0.1) is 0 Å². The molecule has 2 heterocycles. The molecule has 1 N–H and O–H groups in total. The lowest BCUT2D eigenvalue weighted by Gasteiger charge is -2.10. The fourth-order valence-corrected chi connectivity index (χ4v) is 4.30. The fraction of sp³-hybridized carbons (Fsp3) is 0.133. The van der Waals surface area contributed by atoms with Crippen molar-refractivity contribution in [2.45, 2.75) is 19.4 Å². The number of tetrazole rings is 1. The van der Waals surface area contributed by atoms with Gasteiger partial charge in [0.1, 0.15) is 18.1 Å². The number of aromatic nitrogens is 5. The molecule has 0 saturated heterocycles. The van der Waals surface area contributed by atoms with Crippen LogP contribution in [0.5, 0.6) is 11.5 Å². The number of para-hydroxylation sites is 1. The Balaban J connectivity index is 1.04. The Labute approximate surface area is 214 Å². The third kappa shape index (κ3) is 5.41. The molecule has 0 saturated carbocycles. The summed E-state index contributed by atoms with van der Waals surface area (Å²) in [6.45, 7) is 1.06. The maximum absolute atomic E-state index is 6.05. The number of pyridine rings is 1. The van der Waals surface area contributed by atoms with Crippen molar-refractivity contribution >= 4 is 21.7 Å². The minimum Gasteiger partial charge on any atom is -0.494 e. The molecule has 0 radical (unpaired) electrons. The Morgan fingerprint density at radius 1 is 0.703 bits per heavy atom. The molecule has 0 fully saturated rings. The highest BCUT2D eigenvalue weighted by molar-refractivity contribution is 5.85. The van der Waals surface area contributed by atoms with Gasteiger partial charge >= 0.3 is 0 Å². The van der Waals surface area contributed by atoms with Gasteiger partial charge in [0.2, 0.25) is 5.82 Å². The van der Waals surface area contributed by atoms with Gasteiger partial charge in [0.05, 0.1) is 17.8 Å². The van der Waals surface area contributed by atoms with E-state index in [2.05, 4.69) is 69.2 Å². The maximum Gasteiger partial charge on any atom is 0.204 e. The van der Waals surface area contributed by atoms with Crippen LogP contribution in [-0.4, -0.2) is 32.2 Å². The lowest BCUT2D eigenvalue weighted by atomic mass is 10.1. The first-order valence-electron chi connectivity index (χ1n) is 12.3. The monoisotopic (exact) mass is 487 g/mol. The molecular formula is C30H25N5O2. The van der Waals surface area contributed by atoms with Gasteiger partial charge in [-0.1, -0.05) is 60.7 Å². The van der Waals surface area contributed by atoms with E-state index in [1.807, 2.05) is 48.5 Å². The summed E-state index contributed by atoms with van der Waals surface area (Å²) in [5, 5.41) is 17.4. The number of aromatic amines is 1. The Kier molecular flexibility index (Phi) is 6.41. The van der Waals surface area contributed by atoms with E-state index in [1.54, 1.807) is 0 Å². The molecule has 0 bridgehead atoms. The molecular weight excluding hydrogens is 462 g/mol. The number of aryl methyl sites for hydroxylation is 1. The zero-order valence-corrected chi connectivity index (χ0v) is 20.2. The molecule has 2 aromatic heterocycles. The van der Waals surface area contributed by atoms with Crippen molar-refractivity contribution in [3.63, 3.8) is 0 Å². The minimum atomic E-state index is 0.419. The quantitative estimate of drug-likeness (QED) is 0.246. The number of nitrogens with one attached hydrogen (secondary N) is 1. The van der Waals surface area contributed by atoms with E-state index in [0.717, 1.165) is 57.3 Å². The second-order valence-corrected chi connectivity index (χ2v) is 8.84. The average Bonchev–Trinajstić information content (AvgIpc) is 3.49. The van der Waals surface area contributed by atoms with Crippen LogP contribution >= 0.6 is 0 Å². The van der Waals surface area contributed by atoms with Crippen molar-refractivity contribution in [2.75, 3.05) is 6.61 Å². The maximum atomic E-state index is 6.05. The van der Waals surface area contributed by atoms with Crippen molar-refractivity contribution < 1.29 is 9.47 Å². The summed E-state index contributed by atoms with van der Waals surface area (Å²) in [4.78, 5) is 4.69. The summed E-state index contributed by atoms with van der Waals surface area (Å²) in [5.41, 5.74) is 4.07. The number of benzene rings is 4. The molecule has 0 amide bonds. The summed E-state index contributed by atoms with van der Waals surface area (Å²) in [7, 11) is 0. The van der Waals surface area contributed by atoms with Crippen LogP contribution in [0.25, 0.3) is 33.1 Å². The minimum absolute atomic E-state index is 0.419. The first-order chi connectivity index (χ1) is 18.3. The van der Waals surface area contributed by atoms with Gasteiger partial charge in [0.25, 0.3) is 0 Å². The van der Waals surface area contributed by atoms with Crippen molar-refractivity contribution in [1.82, 2.24) is 25.6 Å². The molecule has 0 spiro atoms. The Hall–Kier alpha value is -4.78. The summed E-state index contributed by atoms with van der Waals surface area (Å²) < 4.78 is 12.1. The van der Waals surface area contributed by atoms with Crippen LogP contribution in [0.2, 0.25) is 0 Å². The molecule has 0 aliphatic rings. The largest absolute Gasteiger partial charge is 0.494 e. The molecule has 0 aliphatic heterocycles. The van der Waals surface area contributed by atoms with E-state index >= 15 is 0 Å². The highest BCUT2D eigenvalue weighted by Crippen LogP contribution is 2.26. The normalized spacial score (nSPS) is 11.1. The predicted octanol–water partition coefficient (Wildman–Crippen LogP) is 6.16. The van der Waals surface area contributed by atoms with Crippen LogP contribution in [0.4, 0.5) is 0 Å². The molecule has 4 aromatic carbocycles. The van der Waals surface area contributed by atoms with Gasteiger partial charge in [-0.2, -0.15) is 5.21 Å². The standard InChI is InChI=1S/C30H25N5O2/c1-2-6-29-23(5-1)11-14-26(31-29)20-37-28-16-13-22-12-15-27(18-25(22)19-28)36-17-3-4-21-7-9-24(10-8-21)30-32-34-35-33-30/h1-2,5-16,18-19H,3-4,17,20H2,(H,32,33,34,35). The van der Waals surface area contributed by atoms with Crippen molar-refractivity contribution in [2.24, 2.45) is 0 Å². The number of rotatable bonds is 9. The fourth-order valence-electron chi connectivity index (χ4n) is 4.30. The highest BCUT2D eigenvalue weighted by Gasteiger charge is 2.05. The molecule has 0 atom stereocenters. The summed E-state index contributed by atoms with van der Waals surface area (Å²) in [5.74, 6) is 2.27. The zero-order valence-electron chi connectivity index (χ0n) is 20.2. The number of hydrogen-bond donors (Lipinski definition) is 1. The molecule has 7 nitrogen and oxygen atoms in total. The third-order valence-corrected chi connectivity index (χ3v) is 6.26. The van der Waals surface area contributed by atoms with E-state index in [9.17, 15) is 0 Å².